The third-order valence-corrected chi connectivity index (χ3v) is 7.87. The average Bonchev–Trinajstić information content (AvgIpc) is 3.05. The monoisotopic (exact) mass is 584 g/mol. The van der Waals surface area contributed by atoms with Crippen LogP contribution in [0.2, 0.25) is 0 Å². The van der Waals surface area contributed by atoms with Crippen LogP contribution < -0.4 is 14.2 Å². The molecule has 222 valence electrons. The van der Waals surface area contributed by atoms with Gasteiger partial charge in [-0.15, -0.1) is 0 Å². The Balaban J connectivity index is 1.71. The van der Waals surface area contributed by atoms with E-state index < -0.39 is 17.4 Å². The van der Waals surface area contributed by atoms with Crippen molar-refractivity contribution >= 4 is 11.9 Å². The SMILES string of the molecule is C=CC(=C)Oc1ccc(C(C)(C)c2ccc(C(C)(c3ccc(OC(=O)C=C)cc3)c3ccc(OC(=O)C=C)cc3)cc2)cc1. The average molecular weight is 585 g/mol. The Kier molecular flexibility index (Phi) is 9.50. The predicted molar refractivity (Wildman–Crippen MR) is 175 cm³/mol. The van der Waals surface area contributed by atoms with Gasteiger partial charge in [-0.3, -0.25) is 0 Å². The molecule has 0 aliphatic carbocycles. The number of esters is 2. The van der Waals surface area contributed by atoms with Gasteiger partial charge in [0.15, 0.2) is 0 Å². The van der Waals surface area contributed by atoms with Gasteiger partial charge in [0.05, 0.1) is 0 Å². The van der Waals surface area contributed by atoms with Crippen molar-refractivity contribution < 1.29 is 23.8 Å². The molecule has 4 rings (SSSR count). The van der Waals surface area contributed by atoms with Crippen molar-refractivity contribution in [3.8, 4) is 17.2 Å². The number of benzene rings is 4. The second-order valence-electron chi connectivity index (χ2n) is 10.9. The van der Waals surface area contributed by atoms with Crippen LogP contribution in [-0.2, 0) is 20.4 Å². The molecule has 4 aromatic rings. The van der Waals surface area contributed by atoms with Gasteiger partial charge in [-0.25, -0.2) is 9.59 Å². The topological polar surface area (TPSA) is 61.8 Å². The van der Waals surface area contributed by atoms with Gasteiger partial charge in [0.1, 0.15) is 23.0 Å². The van der Waals surface area contributed by atoms with Crippen LogP contribution in [-0.4, -0.2) is 11.9 Å². The van der Waals surface area contributed by atoms with E-state index in [9.17, 15) is 9.59 Å². The summed E-state index contributed by atoms with van der Waals surface area (Å²) in [6.45, 7) is 20.9. The fourth-order valence-corrected chi connectivity index (χ4v) is 5.05. The summed E-state index contributed by atoms with van der Waals surface area (Å²) in [5.41, 5.74) is 4.42. The van der Waals surface area contributed by atoms with Crippen molar-refractivity contribution in [3.63, 3.8) is 0 Å². The zero-order chi connectivity index (χ0) is 31.9. The van der Waals surface area contributed by atoms with E-state index in [0.29, 0.717) is 23.0 Å². The van der Waals surface area contributed by atoms with Gasteiger partial charge in [0.25, 0.3) is 0 Å². The number of hydrogen-bond donors (Lipinski definition) is 0. The number of hydrogen-bond acceptors (Lipinski definition) is 5. The zero-order valence-electron chi connectivity index (χ0n) is 25.3. The first-order valence-corrected chi connectivity index (χ1v) is 14.1. The van der Waals surface area contributed by atoms with Gasteiger partial charge in [-0.1, -0.05) is 101 Å². The molecule has 4 aromatic carbocycles. The molecule has 0 atom stereocenters. The van der Waals surface area contributed by atoms with Crippen LogP contribution in [0.3, 0.4) is 0 Å². The lowest BCUT2D eigenvalue weighted by Crippen LogP contribution is -2.26. The fraction of sp³-hybridized carbons (Fsp3) is 0.128. The minimum absolute atomic E-state index is 0.281. The van der Waals surface area contributed by atoms with Crippen LogP contribution >= 0.6 is 0 Å². The molecule has 0 N–H and O–H groups in total. The third kappa shape index (κ3) is 6.79. The van der Waals surface area contributed by atoms with Crippen LogP contribution in [0.15, 0.2) is 147 Å². The normalized spacial score (nSPS) is 11.2. The number of rotatable bonds is 12. The van der Waals surface area contributed by atoms with Gasteiger partial charge >= 0.3 is 11.9 Å². The standard InChI is InChI=1S/C39H36O5/c1-8-27(4)42-33-21-15-29(16-22-33)38(5,6)28-11-13-30(14-12-28)39(7,31-17-23-34(24-18-31)43-36(40)9-2)32-19-25-35(26-20-32)44-37(41)10-3/h8-26H,1-4H2,5-7H3. The van der Waals surface area contributed by atoms with E-state index in [1.54, 1.807) is 30.3 Å². The molecule has 5 heteroatoms. The van der Waals surface area contributed by atoms with Crippen molar-refractivity contribution in [1.82, 2.24) is 0 Å². The summed E-state index contributed by atoms with van der Waals surface area (Å²) in [6, 6.07) is 31.4. The maximum atomic E-state index is 11.7. The molecule has 0 saturated carbocycles. The quantitative estimate of drug-likeness (QED) is 0.0417. The largest absolute Gasteiger partial charge is 0.458 e. The van der Waals surface area contributed by atoms with Crippen LogP contribution in [0, 0.1) is 0 Å². The van der Waals surface area contributed by atoms with Gasteiger partial charge in [-0.2, -0.15) is 0 Å². The van der Waals surface area contributed by atoms with Gasteiger partial charge in [0, 0.05) is 23.0 Å². The summed E-state index contributed by atoms with van der Waals surface area (Å²) >= 11 is 0. The number of carbonyl (C=O) groups excluding carboxylic acids is 2. The maximum Gasteiger partial charge on any atom is 0.335 e. The van der Waals surface area contributed by atoms with Crippen molar-refractivity contribution in [2.45, 2.75) is 31.6 Å². The lowest BCUT2D eigenvalue weighted by Gasteiger charge is -2.33. The molecule has 44 heavy (non-hydrogen) atoms. The van der Waals surface area contributed by atoms with Gasteiger partial charge in [0.2, 0.25) is 0 Å². The lowest BCUT2D eigenvalue weighted by molar-refractivity contribution is -0.129. The molecule has 0 spiro atoms. The first kappa shape index (κ1) is 31.5. The molecule has 0 aromatic heterocycles. The zero-order valence-corrected chi connectivity index (χ0v) is 25.3. The predicted octanol–water partition coefficient (Wildman–Crippen LogP) is 8.63. The number of ether oxygens (including phenoxy) is 3. The van der Waals surface area contributed by atoms with Crippen LogP contribution in [0.5, 0.6) is 17.2 Å². The Bertz CT molecular complexity index is 1610. The Morgan fingerprint density at radius 2 is 0.795 bits per heavy atom. The van der Waals surface area contributed by atoms with Crippen LogP contribution in [0.4, 0.5) is 0 Å². The van der Waals surface area contributed by atoms with Crippen LogP contribution in [0.1, 0.15) is 48.6 Å². The van der Waals surface area contributed by atoms with E-state index in [4.69, 9.17) is 14.2 Å². The van der Waals surface area contributed by atoms with Crippen molar-refractivity contribution in [2.24, 2.45) is 0 Å². The molecule has 0 bridgehead atoms. The van der Waals surface area contributed by atoms with E-state index >= 15 is 0 Å². The Hall–Kier alpha value is -5.42. The lowest BCUT2D eigenvalue weighted by atomic mass is 9.70. The summed E-state index contributed by atoms with van der Waals surface area (Å²) < 4.78 is 16.3. The van der Waals surface area contributed by atoms with Crippen molar-refractivity contribution in [2.75, 3.05) is 0 Å². The second kappa shape index (κ2) is 13.3. The minimum Gasteiger partial charge on any atom is -0.458 e. The summed E-state index contributed by atoms with van der Waals surface area (Å²) in [4.78, 5) is 23.5. The molecular weight excluding hydrogens is 548 g/mol. The smallest absolute Gasteiger partial charge is 0.335 e. The Morgan fingerprint density at radius 1 is 0.500 bits per heavy atom. The van der Waals surface area contributed by atoms with E-state index in [2.05, 4.69) is 83.5 Å². The molecule has 0 radical (unpaired) electrons. The summed E-state index contributed by atoms with van der Waals surface area (Å²) in [7, 11) is 0. The van der Waals surface area contributed by atoms with Crippen LogP contribution in [0.25, 0.3) is 0 Å². The van der Waals surface area contributed by atoms with E-state index in [-0.39, 0.29) is 5.41 Å². The fourth-order valence-electron chi connectivity index (χ4n) is 5.05. The molecule has 0 aliphatic rings. The van der Waals surface area contributed by atoms with E-state index in [1.807, 2.05) is 36.4 Å². The summed E-state index contributed by atoms with van der Waals surface area (Å²) in [5.74, 6) is 1.01. The number of carbonyl (C=O) groups is 2. The first-order valence-electron chi connectivity index (χ1n) is 14.1. The van der Waals surface area contributed by atoms with E-state index in [1.165, 1.54) is 0 Å². The third-order valence-electron chi connectivity index (χ3n) is 7.87. The highest BCUT2D eigenvalue weighted by atomic mass is 16.5. The molecular formula is C39H36O5. The highest BCUT2D eigenvalue weighted by molar-refractivity contribution is 5.83. The molecule has 0 unspecified atom stereocenters. The Morgan fingerprint density at radius 3 is 1.14 bits per heavy atom. The summed E-state index contributed by atoms with van der Waals surface area (Å²) in [6.07, 6.45) is 3.83. The molecule has 0 aliphatic heterocycles. The second-order valence-corrected chi connectivity index (χ2v) is 10.9. The van der Waals surface area contributed by atoms with E-state index in [0.717, 1.165) is 40.0 Å². The summed E-state index contributed by atoms with van der Waals surface area (Å²) in [5, 5.41) is 0. The first-order chi connectivity index (χ1) is 21.0. The number of allylic oxidation sites excluding steroid dienone is 1. The van der Waals surface area contributed by atoms with Gasteiger partial charge < -0.3 is 14.2 Å². The highest BCUT2D eigenvalue weighted by Crippen LogP contribution is 2.41. The van der Waals surface area contributed by atoms with Gasteiger partial charge in [-0.05, 0) is 77.2 Å². The highest BCUT2D eigenvalue weighted by Gasteiger charge is 2.32. The molecule has 0 amide bonds. The van der Waals surface area contributed by atoms with Crippen molar-refractivity contribution in [1.29, 1.82) is 0 Å². The minimum atomic E-state index is -0.600. The molecule has 5 nitrogen and oxygen atoms in total. The molecule has 0 saturated heterocycles. The molecule has 0 fully saturated rings. The molecule has 0 heterocycles. The maximum absolute atomic E-state index is 11.7. The Labute approximate surface area is 259 Å². The van der Waals surface area contributed by atoms with Crippen molar-refractivity contribution in [3.05, 3.63) is 175 Å².